The van der Waals surface area contributed by atoms with Crippen LogP contribution in [-0.2, 0) is 9.53 Å². The second kappa shape index (κ2) is 9.59. The van der Waals surface area contributed by atoms with Crippen LogP contribution in [0.3, 0.4) is 0 Å². The third-order valence-electron chi connectivity index (χ3n) is 6.36. The van der Waals surface area contributed by atoms with Crippen molar-refractivity contribution in [3.8, 4) is 17.2 Å². The van der Waals surface area contributed by atoms with E-state index < -0.39 is 5.91 Å². The van der Waals surface area contributed by atoms with Crippen LogP contribution in [0.2, 0.25) is 0 Å². The van der Waals surface area contributed by atoms with E-state index in [0.29, 0.717) is 55.5 Å². The molecule has 1 aromatic heterocycles. The number of nitrogens with two attached hydrogens (primary N) is 1. The van der Waals surface area contributed by atoms with Crippen molar-refractivity contribution in [2.45, 2.75) is 38.1 Å². The number of hydrogen-bond acceptors (Lipinski definition) is 6. The van der Waals surface area contributed by atoms with E-state index in [-0.39, 0.29) is 11.9 Å². The molecular formula is C25H29N5O3. The number of carbonyl (C=O) groups is 2. The molecule has 1 saturated heterocycles. The van der Waals surface area contributed by atoms with Crippen molar-refractivity contribution in [2.24, 2.45) is 5.73 Å². The molecule has 2 aromatic rings. The van der Waals surface area contributed by atoms with Crippen LogP contribution in [0.25, 0.3) is 11.1 Å². The van der Waals surface area contributed by atoms with Gasteiger partial charge in [0.2, 0.25) is 11.8 Å². The average molecular weight is 448 g/mol. The molecule has 2 aliphatic rings. The van der Waals surface area contributed by atoms with Gasteiger partial charge in [0.25, 0.3) is 0 Å². The molecular weight excluding hydrogens is 418 g/mol. The number of amides is 2. The maximum Gasteiger partial charge on any atom is 0.248 e. The number of piperazine rings is 1. The van der Waals surface area contributed by atoms with Crippen LogP contribution in [0, 0.1) is 11.3 Å². The SMILES string of the molecule is COCCC(=O)N1CCN(c2nc(C3CC3)c(-c3ccc(C(N)=O)cc3)cc2C#N)CC1C. The molecule has 1 unspecified atom stereocenters. The molecule has 8 nitrogen and oxygen atoms in total. The van der Waals surface area contributed by atoms with Crippen molar-refractivity contribution in [3.63, 3.8) is 0 Å². The molecule has 0 spiro atoms. The summed E-state index contributed by atoms with van der Waals surface area (Å²) in [6.45, 7) is 4.28. The van der Waals surface area contributed by atoms with Crippen LogP contribution < -0.4 is 10.6 Å². The van der Waals surface area contributed by atoms with Crippen LogP contribution in [-0.4, -0.2) is 61.1 Å². The van der Waals surface area contributed by atoms with Crippen molar-refractivity contribution < 1.29 is 14.3 Å². The number of benzene rings is 1. The van der Waals surface area contributed by atoms with Gasteiger partial charge in [0.05, 0.1) is 24.3 Å². The monoisotopic (exact) mass is 447 g/mol. The van der Waals surface area contributed by atoms with Crippen LogP contribution in [0.1, 0.15) is 53.7 Å². The van der Waals surface area contributed by atoms with E-state index in [2.05, 4.69) is 11.0 Å². The van der Waals surface area contributed by atoms with Gasteiger partial charge in [-0.15, -0.1) is 0 Å². The third kappa shape index (κ3) is 4.83. The molecule has 0 radical (unpaired) electrons. The number of aromatic nitrogens is 1. The second-order valence-corrected chi connectivity index (χ2v) is 8.74. The zero-order chi connectivity index (χ0) is 23.5. The highest BCUT2D eigenvalue weighted by Crippen LogP contribution is 2.45. The molecule has 2 fully saturated rings. The van der Waals surface area contributed by atoms with Gasteiger partial charge in [-0.3, -0.25) is 9.59 Å². The molecule has 2 N–H and O–H groups in total. The highest BCUT2D eigenvalue weighted by atomic mass is 16.5. The lowest BCUT2D eigenvalue weighted by atomic mass is 9.98. The summed E-state index contributed by atoms with van der Waals surface area (Å²) in [6.07, 6.45) is 2.52. The number of pyridine rings is 1. The lowest BCUT2D eigenvalue weighted by molar-refractivity contribution is -0.134. The molecule has 1 aromatic carbocycles. The predicted molar refractivity (Wildman–Crippen MR) is 125 cm³/mol. The summed E-state index contributed by atoms with van der Waals surface area (Å²) >= 11 is 0. The number of rotatable bonds is 7. The first-order valence-electron chi connectivity index (χ1n) is 11.3. The maximum atomic E-state index is 12.5. The Morgan fingerprint density at radius 2 is 1.97 bits per heavy atom. The first-order chi connectivity index (χ1) is 15.9. The first kappa shape index (κ1) is 22.7. The minimum atomic E-state index is -0.468. The molecule has 172 valence electrons. The number of nitrogens with zero attached hydrogens (tertiary/aromatic N) is 4. The normalized spacial score (nSPS) is 18.2. The Bertz CT molecular complexity index is 1090. The van der Waals surface area contributed by atoms with Gasteiger partial charge in [0.15, 0.2) is 0 Å². The minimum Gasteiger partial charge on any atom is -0.384 e. The van der Waals surface area contributed by atoms with Crippen molar-refractivity contribution in [2.75, 3.05) is 38.3 Å². The number of carbonyl (C=O) groups excluding carboxylic acids is 2. The lowest BCUT2D eigenvalue weighted by Gasteiger charge is -2.41. The van der Waals surface area contributed by atoms with E-state index >= 15 is 0 Å². The van der Waals surface area contributed by atoms with Gasteiger partial charge >= 0.3 is 0 Å². The van der Waals surface area contributed by atoms with E-state index in [0.717, 1.165) is 29.7 Å². The molecule has 2 amide bonds. The van der Waals surface area contributed by atoms with E-state index in [9.17, 15) is 14.9 Å². The fraction of sp³-hybridized carbons (Fsp3) is 0.440. The van der Waals surface area contributed by atoms with E-state index in [1.165, 1.54) is 0 Å². The number of methoxy groups -OCH3 is 1. The summed E-state index contributed by atoms with van der Waals surface area (Å²) in [4.78, 5) is 32.9. The molecule has 8 heteroatoms. The Morgan fingerprint density at radius 3 is 2.55 bits per heavy atom. The van der Waals surface area contributed by atoms with Crippen LogP contribution in [0.5, 0.6) is 0 Å². The Balaban J connectivity index is 1.62. The highest BCUT2D eigenvalue weighted by molar-refractivity contribution is 5.93. The van der Waals surface area contributed by atoms with E-state index in [4.69, 9.17) is 15.5 Å². The number of primary amides is 1. The van der Waals surface area contributed by atoms with Crippen LogP contribution in [0.4, 0.5) is 5.82 Å². The summed E-state index contributed by atoms with van der Waals surface area (Å²) in [5, 5.41) is 9.93. The minimum absolute atomic E-state index is 0.0156. The molecule has 0 bridgehead atoms. The lowest BCUT2D eigenvalue weighted by Crippen LogP contribution is -2.54. The standard InChI is InChI=1S/C25H29N5O3/c1-16-15-29(10-11-30(16)22(31)9-12-33-2)25-20(14-26)13-21(23(28-25)18-5-6-18)17-3-7-19(8-4-17)24(27)32/h3-4,7-8,13,16,18H,5-6,9-12,15H2,1-2H3,(H2,27,32). The van der Waals surface area contributed by atoms with Crippen LogP contribution in [0.15, 0.2) is 30.3 Å². The van der Waals surface area contributed by atoms with Gasteiger partial charge in [-0.25, -0.2) is 4.98 Å². The molecule has 4 rings (SSSR count). The maximum absolute atomic E-state index is 12.5. The molecule has 1 atom stereocenters. The molecule has 33 heavy (non-hydrogen) atoms. The smallest absolute Gasteiger partial charge is 0.248 e. The van der Waals surface area contributed by atoms with Gasteiger partial charge in [0, 0.05) is 49.8 Å². The van der Waals surface area contributed by atoms with Gasteiger partial charge in [-0.1, -0.05) is 12.1 Å². The van der Waals surface area contributed by atoms with E-state index in [1.807, 2.05) is 30.0 Å². The third-order valence-corrected chi connectivity index (χ3v) is 6.36. The Hall–Kier alpha value is -3.44. The summed E-state index contributed by atoms with van der Waals surface area (Å²) in [5.41, 5.74) is 9.16. The fourth-order valence-electron chi connectivity index (χ4n) is 4.41. The molecule has 1 saturated carbocycles. The summed E-state index contributed by atoms with van der Waals surface area (Å²) < 4.78 is 5.04. The Kier molecular flexibility index (Phi) is 6.61. The number of hydrogen-bond donors (Lipinski definition) is 1. The van der Waals surface area contributed by atoms with Crippen molar-refractivity contribution in [1.82, 2.24) is 9.88 Å². The number of ether oxygens (including phenoxy) is 1. The zero-order valence-electron chi connectivity index (χ0n) is 19.1. The summed E-state index contributed by atoms with van der Waals surface area (Å²) in [7, 11) is 1.59. The average Bonchev–Trinajstić information content (AvgIpc) is 3.67. The summed E-state index contributed by atoms with van der Waals surface area (Å²) in [5.74, 6) is 0.680. The van der Waals surface area contributed by atoms with E-state index in [1.54, 1.807) is 19.2 Å². The van der Waals surface area contributed by atoms with Gasteiger partial charge in [-0.05, 0) is 43.5 Å². The Morgan fingerprint density at radius 1 is 1.24 bits per heavy atom. The number of anilines is 1. The largest absolute Gasteiger partial charge is 0.384 e. The van der Waals surface area contributed by atoms with Crippen molar-refractivity contribution >= 4 is 17.6 Å². The van der Waals surface area contributed by atoms with Gasteiger partial charge in [-0.2, -0.15) is 5.26 Å². The van der Waals surface area contributed by atoms with Crippen molar-refractivity contribution in [3.05, 3.63) is 47.2 Å². The quantitative estimate of drug-likeness (QED) is 0.698. The molecule has 1 aliphatic carbocycles. The van der Waals surface area contributed by atoms with Gasteiger partial charge in [0.1, 0.15) is 11.9 Å². The van der Waals surface area contributed by atoms with Crippen molar-refractivity contribution in [1.29, 1.82) is 5.26 Å². The highest BCUT2D eigenvalue weighted by Gasteiger charge is 2.33. The fourth-order valence-corrected chi connectivity index (χ4v) is 4.41. The summed E-state index contributed by atoms with van der Waals surface area (Å²) in [6, 6.07) is 11.4. The molecule has 2 heterocycles. The Labute approximate surface area is 193 Å². The zero-order valence-corrected chi connectivity index (χ0v) is 19.1. The topological polar surface area (TPSA) is 113 Å². The van der Waals surface area contributed by atoms with Crippen LogP contribution >= 0.6 is 0 Å². The predicted octanol–water partition coefficient (Wildman–Crippen LogP) is 2.67. The first-order valence-corrected chi connectivity index (χ1v) is 11.3. The number of nitriles is 1. The molecule has 1 aliphatic heterocycles. The second-order valence-electron chi connectivity index (χ2n) is 8.74. The van der Waals surface area contributed by atoms with Gasteiger partial charge < -0.3 is 20.3 Å².